The van der Waals surface area contributed by atoms with Crippen LogP contribution in [0.25, 0.3) is 0 Å². The summed E-state index contributed by atoms with van der Waals surface area (Å²) in [6.07, 6.45) is 4.02. The van der Waals surface area contributed by atoms with Crippen LogP contribution in [0.1, 0.15) is 5.56 Å². The molecule has 1 saturated heterocycles. The van der Waals surface area contributed by atoms with Gasteiger partial charge in [0.25, 0.3) is 5.91 Å². The van der Waals surface area contributed by atoms with Gasteiger partial charge in [-0.15, -0.1) is 0 Å². The molecule has 0 unspecified atom stereocenters. The molecule has 2 aromatic rings. The van der Waals surface area contributed by atoms with Crippen LogP contribution >= 0.6 is 0 Å². The van der Waals surface area contributed by atoms with Crippen LogP contribution in [0.15, 0.2) is 42.7 Å². The normalized spacial score (nSPS) is 14.2. The molecule has 1 aliphatic rings. The molecule has 7 nitrogen and oxygen atoms in total. The van der Waals surface area contributed by atoms with E-state index in [1.54, 1.807) is 35.2 Å². The number of H-pyrrole nitrogens is 1. The summed E-state index contributed by atoms with van der Waals surface area (Å²) in [6.45, 7) is 2.09. The van der Waals surface area contributed by atoms with Crippen molar-refractivity contribution in [3.8, 4) is 11.5 Å². The number of amides is 2. The number of carbonyl (C=O) groups is 2. The Balaban J connectivity index is 1.45. The molecule has 1 aromatic heterocycles. The van der Waals surface area contributed by atoms with Crippen molar-refractivity contribution in [3.63, 3.8) is 0 Å². The Bertz CT molecular complexity index is 737. The Hall–Kier alpha value is -2.96. The Morgan fingerprint density at radius 3 is 2.27 bits per heavy atom. The molecule has 0 aliphatic carbocycles. The third kappa shape index (κ3) is 4.36. The first-order valence-corrected chi connectivity index (χ1v) is 8.60. The molecule has 0 spiro atoms. The lowest BCUT2D eigenvalue weighted by atomic mass is 10.2. The number of piperazine rings is 1. The summed E-state index contributed by atoms with van der Waals surface area (Å²) < 4.78 is 10.8. The molecule has 138 valence electrons. The van der Waals surface area contributed by atoms with E-state index in [0.717, 1.165) is 5.56 Å². The standard InChI is InChI=1S/C19H23N3O4/c1-25-16-4-2-3-5-17(16)26-14-19(24)22-10-8-21(9-11-22)18(23)12-15-6-7-20-13-15/h2-7,13,20H,8-12,14H2,1H3. The fourth-order valence-electron chi connectivity index (χ4n) is 2.93. The van der Waals surface area contributed by atoms with Crippen molar-refractivity contribution in [2.45, 2.75) is 6.42 Å². The molecule has 3 rings (SSSR count). The minimum absolute atomic E-state index is 0.0440. The first-order chi connectivity index (χ1) is 12.7. The van der Waals surface area contributed by atoms with Crippen LogP contribution < -0.4 is 9.47 Å². The summed E-state index contributed by atoms with van der Waals surface area (Å²) in [5.74, 6) is 1.14. The SMILES string of the molecule is COc1ccccc1OCC(=O)N1CCN(C(=O)Cc2cc[nH]c2)CC1. The van der Waals surface area contributed by atoms with Gasteiger partial charge < -0.3 is 24.3 Å². The highest BCUT2D eigenvalue weighted by molar-refractivity contribution is 5.80. The fraction of sp³-hybridized carbons (Fsp3) is 0.368. The van der Waals surface area contributed by atoms with E-state index in [0.29, 0.717) is 44.1 Å². The molecule has 1 N–H and O–H groups in total. The van der Waals surface area contributed by atoms with E-state index < -0.39 is 0 Å². The monoisotopic (exact) mass is 357 g/mol. The van der Waals surface area contributed by atoms with Crippen LogP contribution in [-0.4, -0.2) is 66.5 Å². The van der Waals surface area contributed by atoms with E-state index in [4.69, 9.17) is 9.47 Å². The van der Waals surface area contributed by atoms with Gasteiger partial charge in [-0.1, -0.05) is 12.1 Å². The highest BCUT2D eigenvalue weighted by Crippen LogP contribution is 2.25. The van der Waals surface area contributed by atoms with Crippen molar-refractivity contribution < 1.29 is 19.1 Å². The number of aromatic amines is 1. The van der Waals surface area contributed by atoms with Gasteiger partial charge in [0.1, 0.15) is 0 Å². The molecule has 0 saturated carbocycles. The zero-order chi connectivity index (χ0) is 18.4. The average Bonchev–Trinajstić information content (AvgIpc) is 3.19. The maximum atomic E-state index is 12.4. The number of aromatic nitrogens is 1. The maximum Gasteiger partial charge on any atom is 0.260 e. The highest BCUT2D eigenvalue weighted by Gasteiger charge is 2.24. The summed E-state index contributed by atoms with van der Waals surface area (Å²) >= 11 is 0. The summed E-state index contributed by atoms with van der Waals surface area (Å²) in [5, 5.41) is 0. The zero-order valence-electron chi connectivity index (χ0n) is 14.8. The lowest BCUT2D eigenvalue weighted by molar-refractivity contribution is -0.140. The molecule has 0 radical (unpaired) electrons. The van der Waals surface area contributed by atoms with Gasteiger partial charge in [-0.05, 0) is 23.8 Å². The first kappa shape index (κ1) is 17.8. The van der Waals surface area contributed by atoms with Crippen LogP contribution in [0.2, 0.25) is 0 Å². The molecule has 0 atom stereocenters. The molecule has 2 amide bonds. The maximum absolute atomic E-state index is 12.4. The zero-order valence-corrected chi connectivity index (χ0v) is 14.8. The Labute approximate surface area is 152 Å². The van der Waals surface area contributed by atoms with E-state index in [-0.39, 0.29) is 18.4 Å². The second-order valence-corrected chi connectivity index (χ2v) is 6.10. The third-order valence-corrected chi connectivity index (χ3v) is 4.42. The molecule has 1 aliphatic heterocycles. The van der Waals surface area contributed by atoms with Crippen molar-refractivity contribution >= 4 is 11.8 Å². The summed E-state index contributed by atoms with van der Waals surface area (Å²) in [4.78, 5) is 31.1. The Morgan fingerprint density at radius 1 is 1.00 bits per heavy atom. The molecular weight excluding hydrogens is 334 g/mol. The van der Waals surface area contributed by atoms with Crippen LogP contribution in [0.3, 0.4) is 0 Å². The van der Waals surface area contributed by atoms with E-state index in [1.807, 2.05) is 24.4 Å². The van der Waals surface area contributed by atoms with Crippen molar-refractivity contribution in [3.05, 3.63) is 48.3 Å². The number of hydrogen-bond acceptors (Lipinski definition) is 4. The Morgan fingerprint density at radius 2 is 1.65 bits per heavy atom. The predicted octanol–water partition coefficient (Wildman–Crippen LogP) is 1.32. The lowest BCUT2D eigenvalue weighted by Crippen LogP contribution is -2.52. The minimum atomic E-state index is -0.0892. The van der Waals surface area contributed by atoms with Gasteiger partial charge in [0.05, 0.1) is 13.5 Å². The van der Waals surface area contributed by atoms with E-state index >= 15 is 0 Å². The van der Waals surface area contributed by atoms with Gasteiger partial charge >= 0.3 is 0 Å². The van der Waals surface area contributed by atoms with Gasteiger partial charge in [-0.2, -0.15) is 0 Å². The average molecular weight is 357 g/mol. The fourth-order valence-corrected chi connectivity index (χ4v) is 2.93. The van der Waals surface area contributed by atoms with Crippen LogP contribution in [0, 0.1) is 0 Å². The molecule has 0 bridgehead atoms. The van der Waals surface area contributed by atoms with Gasteiger partial charge in [0.2, 0.25) is 5.91 Å². The second kappa shape index (κ2) is 8.42. The Kier molecular flexibility index (Phi) is 5.78. The molecule has 26 heavy (non-hydrogen) atoms. The van der Waals surface area contributed by atoms with Gasteiger partial charge in [0.15, 0.2) is 18.1 Å². The van der Waals surface area contributed by atoms with E-state index in [2.05, 4.69) is 4.98 Å². The molecule has 1 fully saturated rings. The van der Waals surface area contributed by atoms with Crippen molar-refractivity contribution in [1.82, 2.24) is 14.8 Å². The number of benzene rings is 1. The minimum Gasteiger partial charge on any atom is -0.493 e. The van der Waals surface area contributed by atoms with Crippen LogP contribution in [-0.2, 0) is 16.0 Å². The van der Waals surface area contributed by atoms with Crippen molar-refractivity contribution in [2.75, 3.05) is 39.9 Å². The summed E-state index contributed by atoms with van der Waals surface area (Å²) in [7, 11) is 1.56. The van der Waals surface area contributed by atoms with E-state index in [9.17, 15) is 9.59 Å². The number of ether oxygens (including phenoxy) is 2. The largest absolute Gasteiger partial charge is 0.493 e. The summed E-state index contributed by atoms with van der Waals surface area (Å²) in [5.41, 5.74) is 0.971. The molecular formula is C19H23N3O4. The predicted molar refractivity (Wildman–Crippen MR) is 96.1 cm³/mol. The van der Waals surface area contributed by atoms with Crippen molar-refractivity contribution in [1.29, 1.82) is 0 Å². The second-order valence-electron chi connectivity index (χ2n) is 6.10. The number of nitrogens with one attached hydrogen (secondary N) is 1. The third-order valence-electron chi connectivity index (χ3n) is 4.42. The summed E-state index contributed by atoms with van der Waals surface area (Å²) in [6, 6.07) is 9.12. The quantitative estimate of drug-likeness (QED) is 0.846. The smallest absolute Gasteiger partial charge is 0.260 e. The topological polar surface area (TPSA) is 74.9 Å². The number of para-hydroxylation sites is 2. The van der Waals surface area contributed by atoms with Gasteiger partial charge in [0, 0.05) is 38.6 Å². The number of rotatable bonds is 6. The van der Waals surface area contributed by atoms with E-state index in [1.165, 1.54) is 0 Å². The van der Waals surface area contributed by atoms with Crippen molar-refractivity contribution in [2.24, 2.45) is 0 Å². The number of carbonyl (C=O) groups excluding carboxylic acids is 2. The number of nitrogens with zero attached hydrogens (tertiary/aromatic N) is 2. The molecule has 7 heteroatoms. The number of hydrogen-bond donors (Lipinski definition) is 1. The molecule has 1 aromatic carbocycles. The first-order valence-electron chi connectivity index (χ1n) is 8.60. The highest BCUT2D eigenvalue weighted by atomic mass is 16.5. The number of methoxy groups -OCH3 is 1. The van der Waals surface area contributed by atoms with Crippen LogP contribution in [0.4, 0.5) is 0 Å². The van der Waals surface area contributed by atoms with Crippen LogP contribution in [0.5, 0.6) is 11.5 Å². The lowest BCUT2D eigenvalue weighted by Gasteiger charge is -2.34. The van der Waals surface area contributed by atoms with Gasteiger partial charge in [-0.3, -0.25) is 9.59 Å². The molecule has 2 heterocycles. The van der Waals surface area contributed by atoms with Gasteiger partial charge in [-0.25, -0.2) is 0 Å².